The average molecular weight is 451 g/mol. The van der Waals surface area contributed by atoms with Crippen LogP contribution in [-0.4, -0.2) is 67.5 Å². The Kier molecular flexibility index (Phi) is 8.52. The maximum Gasteiger partial charge on any atom is 0.247 e. The first-order valence-corrected chi connectivity index (χ1v) is 12.0. The molecule has 0 fully saturated rings. The lowest BCUT2D eigenvalue weighted by atomic mass is 10.0. The Bertz CT molecular complexity index is 948. The fourth-order valence-corrected chi connectivity index (χ4v) is 5.10. The Hall–Kier alpha value is -2.08. The normalized spacial score (nSPS) is 21.7. The maximum absolute atomic E-state index is 13.4. The molecule has 0 aromatic heterocycles. The van der Waals surface area contributed by atoms with Gasteiger partial charge in [0.1, 0.15) is 16.7 Å². The van der Waals surface area contributed by atoms with Gasteiger partial charge in [-0.05, 0) is 31.0 Å². The number of likely N-dealkylation sites (N-methyl/N-ethyl adjacent to an activating group) is 1. The molecule has 1 aliphatic rings. The van der Waals surface area contributed by atoms with Gasteiger partial charge in [-0.25, -0.2) is 8.42 Å². The van der Waals surface area contributed by atoms with E-state index in [2.05, 4.69) is 25.7 Å². The lowest BCUT2D eigenvalue weighted by Crippen LogP contribution is -2.50. The van der Waals surface area contributed by atoms with Gasteiger partial charge in [-0.2, -0.15) is 4.31 Å². The first-order chi connectivity index (χ1) is 14.5. The summed E-state index contributed by atoms with van der Waals surface area (Å²) in [6.45, 7) is 9.42. The molecule has 172 valence electrons. The van der Waals surface area contributed by atoms with E-state index in [0.29, 0.717) is 18.0 Å². The second kappa shape index (κ2) is 10.5. The molecule has 0 bridgehead atoms. The molecule has 1 aliphatic heterocycles. The van der Waals surface area contributed by atoms with Crippen molar-refractivity contribution in [1.29, 1.82) is 0 Å². The van der Waals surface area contributed by atoms with Gasteiger partial charge in [0.2, 0.25) is 15.9 Å². The Morgan fingerprint density at radius 1 is 1.35 bits per heavy atom. The van der Waals surface area contributed by atoms with Crippen molar-refractivity contribution in [2.45, 2.75) is 58.1 Å². The average Bonchev–Trinajstić information content (AvgIpc) is 2.69. The van der Waals surface area contributed by atoms with E-state index in [4.69, 9.17) is 4.74 Å². The van der Waals surface area contributed by atoms with Gasteiger partial charge in [-0.3, -0.25) is 4.79 Å². The largest absolute Gasteiger partial charge is 0.487 e. The van der Waals surface area contributed by atoms with E-state index < -0.39 is 22.2 Å². The molecule has 1 amide bonds. The molecule has 2 rings (SSSR count). The number of amides is 1. The summed E-state index contributed by atoms with van der Waals surface area (Å²) >= 11 is 0. The third kappa shape index (κ3) is 6.22. The van der Waals surface area contributed by atoms with Crippen LogP contribution in [0.3, 0.4) is 0 Å². The van der Waals surface area contributed by atoms with Gasteiger partial charge in [-0.15, -0.1) is 0 Å². The molecule has 0 aliphatic carbocycles. The summed E-state index contributed by atoms with van der Waals surface area (Å²) in [5.74, 6) is 6.54. The number of benzene rings is 1. The summed E-state index contributed by atoms with van der Waals surface area (Å²) < 4.78 is 34.3. The van der Waals surface area contributed by atoms with Crippen molar-refractivity contribution >= 4 is 15.9 Å². The highest BCUT2D eigenvalue weighted by Gasteiger charge is 2.38. The van der Waals surface area contributed by atoms with E-state index in [1.54, 1.807) is 31.0 Å². The molecule has 3 atom stereocenters. The highest BCUT2D eigenvalue weighted by Crippen LogP contribution is 2.34. The van der Waals surface area contributed by atoms with Crippen LogP contribution in [0.2, 0.25) is 0 Å². The molecule has 31 heavy (non-hydrogen) atoms. The highest BCUT2D eigenvalue weighted by molar-refractivity contribution is 7.89. The van der Waals surface area contributed by atoms with Crippen molar-refractivity contribution in [3.63, 3.8) is 0 Å². The Morgan fingerprint density at radius 3 is 2.61 bits per heavy atom. The van der Waals surface area contributed by atoms with E-state index in [-0.39, 0.29) is 35.6 Å². The number of hydrogen-bond donors (Lipinski definition) is 1. The molecule has 0 saturated carbocycles. The summed E-state index contributed by atoms with van der Waals surface area (Å²) in [4.78, 5) is 13.4. The Balaban J connectivity index is 2.56. The third-order valence-corrected chi connectivity index (χ3v) is 7.42. The second-order valence-corrected chi connectivity index (χ2v) is 10.6. The second-order valence-electron chi connectivity index (χ2n) is 8.70. The van der Waals surface area contributed by atoms with Crippen molar-refractivity contribution in [3.8, 4) is 17.6 Å². The molecule has 7 nitrogen and oxygen atoms in total. The van der Waals surface area contributed by atoms with Crippen LogP contribution in [0.4, 0.5) is 0 Å². The van der Waals surface area contributed by atoms with Gasteiger partial charge >= 0.3 is 0 Å². The van der Waals surface area contributed by atoms with Crippen LogP contribution in [0.1, 0.15) is 46.6 Å². The fourth-order valence-electron chi connectivity index (χ4n) is 3.28. The number of rotatable bonds is 5. The minimum absolute atomic E-state index is 0.0459. The van der Waals surface area contributed by atoms with E-state index in [1.165, 1.54) is 17.3 Å². The predicted octanol–water partition coefficient (Wildman–Crippen LogP) is 2.33. The smallest absolute Gasteiger partial charge is 0.247 e. The summed E-state index contributed by atoms with van der Waals surface area (Å²) in [6, 6.07) is 4.26. The number of carbonyl (C=O) groups is 1. The minimum Gasteiger partial charge on any atom is -0.487 e. The standard InChI is InChI=1S/C23H34N2O5S/c1-16(2)8-7-9-20-10-11-23-21(12-20)30-22(14-24(6)19(5)27)17(3)13-25(18(4)15-26)31(23,28)29/h10-12,16-18,22,26H,8,13-15H2,1-6H3/t17-,18-,22+/m0/s1. The van der Waals surface area contributed by atoms with Crippen LogP contribution in [0, 0.1) is 23.7 Å². The molecule has 1 heterocycles. The van der Waals surface area contributed by atoms with Gasteiger partial charge in [0.25, 0.3) is 0 Å². The molecule has 0 unspecified atom stereocenters. The van der Waals surface area contributed by atoms with Gasteiger partial charge in [-0.1, -0.05) is 32.6 Å². The van der Waals surface area contributed by atoms with Crippen molar-refractivity contribution in [1.82, 2.24) is 9.21 Å². The quantitative estimate of drug-likeness (QED) is 0.696. The molecule has 8 heteroatoms. The van der Waals surface area contributed by atoms with E-state index in [9.17, 15) is 18.3 Å². The summed E-state index contributed by atoms with van der Waals surface area (Å²) in [5, 5.41) is 9.68. The number of carbonyl (C=O) groups excluding carboxylic acids is 1. The number of sulfonamides is 1. The summed E-state index contributed by atoms with van der Waals surface area (Å²) in [5.41, 5.74) is 0.670. The van der Waals surface area contributed by atoms with Gasteiger partial charge in [0.05, 0.1) is 13.2 Å². The summed E-state index contributed by atoms with van der Waals surface area (Å²) in [7, 11) is -2.19. The molecule has 0 saturated heterocycles. The van der Waals surface area contributed by atoms with Crippen LogP contribution < -0.4 is 4.74 Å². The lowest BCUT2D eigenvalue weighted by molar-refractivity contribution is -0.129. The predicted molar refractivity (Wildman–Crippen MR) is 120 cm³/mol. The molecule has 0 radical (unpaired) electrons. The van der Waals surface area contributed by atoms with Gasteiger partial charge in [0.15, 0.2) is 0 Å². The molecule has 0 spiro atoms. The monoisotopic (exact) mass is 450 g/mol. The number of aliphatic hydroxyl groups is 1. The molecular formula is C23H34N2O5S. The van der Waals surface area contributed by atoms with Crippen LogP contribution in [0.5, 0.6) is 5.75 Å². The van der Waals surface area contributed by atoms with Crippen LogP contribution in [-0.2, 0) is 14.8 Å². The Labute approximate surface area is 186 Å². The van der Waals surface area contributed by atoms with Crippen molar-refractivity contribution < 1.29 is 23.1 Å². The third-order valence-electron chi connectivity index (χ3n) is 5.40. The van der Waals surface area contributed by atoms with E-state index in [0.717, 1.165) is 6.42 Å². The minimum atomic E-state index is -3.89. The number of aliphatic hydroxyl groups excluding tert-OH is 1. The SMILES string of the molecule is CC(=O)N(C)C[C@H]1Oc2cc(C#CCC(C)C)ccc2S(=O)(=O)N([C@@H](C)CO)C[C@@H]1C. The zero-order valence-electron chi connectivity index (χ0n) is 19.3. The zero-order chi connectivity index (χ0) is 23.3. The van der Waals surface area contributed by atoms with Gasteiger partial charge in [0, 0.05) is 44.5 Å². The molecule has 1 N–H and O–H groups in total. The fraction of sp³-hybridized carbons (Fsp3) is 0.609. The van der Waals surface area contributed by atoms with Crippen LogP contribution >= 0.6 is 0 Å². The topological polar surface area (TPSA) is 87.2 Å². The van der Waals surface area contributed by atoms with Crippen molar-refractivity contribution in [2.75, 3.05) is 26.7 Å². The Morgan fingerprint density at radius 2 is 2.03 bits per heavy atom. The first-order valence-electron chi connectivity index (χ1n) is 10.6. The van der Waals surface area contributed by atoms with Gasteiger partial charge < -0.3 is 14.7 Å². The number of nitrogens with zero attached hydrogens (tertiary/aromatic N) is 2. The molecule has 1 aromatic rings. The molecule has 1 aromatic carbocycles. The highest BCUT2D eigenvalue weighted by atomic mass is 32.2. The molecular weight excluding hydrogens is 416 g/mol. The zero-order valence-corrected chi connectivity index (χ0v) is 20.1. The van der Waals surface area contributed by atoms with Crippen LogP contribution in [0.15, 0.2) is 23.1 Å². The summed E-state index contributed by atoms with van der Waals surface area (Å²) in [6.07, 6.45) is 0.316. The number of ether oxygens (including phenoxy) is 1. The van der Waals surface area contributed by atoms with E-state index in [1.807, 2.05) is 6.92 Å². The van der Waals surface area contributed by atoms with Crippen molar-refractivity contribution in [3.05, 3.63) is 23.8 Å². The maximum atomic E-state index is 13.4. The van der Waals surface area contributed by atoms with Crippen LogP contribution in [0.25, 0.3) is 0 Å². The first kappa shape index (κ1) is 25.2. The van der Waals surface area contributed by atoms with E-state index >= 15 is 0 Å². The number of fused-ring (bicyclic) bond motifs is 1. The van der Waals surface area contributed by atoms with Crippen molar-refractivity contribution in [2.24, 2.45) is 11.8 Å². The lowest BCUT2D eigenvalue weighted by Gasteiger charge is -2.37. The number of hydrogen-bond acceptors (Lipinski definition) is 5.